The number of carbonyl (C=O) groups is 1. The fourth-order valence-corrected chi connectivity index (χ4v) is 3.75. The first kappa shape index (κ1) is 20.3. The van der Waals surface area contributed by atoms with Crippen LogP contribution in [-0.2, 0) is 17.9 Å². The third-order valence-electron chi connectivity index (χ3n) is 4.03. The van der Waals surface area contributed by atoms with Crippen molar-refractivity contribution >= 4 is 34.5 Å². The lowest BCUT2D eigenvalue weighted by molar-refractivity contribution is -0.117. The number of halogens is 1. The molecule has 2 aromatic heterocycles. The summed E-state index contributed by atoms with van der Waals surface area (Å²) in [6, 6.07) is 11.0. The molecule has 0 aliphatic rings. The molecule has 0 radical (unpaired) electrons. The number of hydrogen-bond donors (Lipinski definition) is 1. The van der Waals surface area contributed by atoms with Crippen molar-refractivity contribution in [1.29, 1.82) is 0 Å². The largest absolute Gasteiger partial charge is 0.495 e. The van der Waals surface area contributed by atoms with Crippen molar-refractivity contribution in [2.24, 2.45) is 0 Å². The standard InChI is InChI=1S/C20H21ClN2O4S/c1-25-18-10-19(26-2)17(9-16(18)21)22-20(24)13-23(11-14-5-3-7-27-14)12-15-6-4-8-28-15/h3-10H,11-13H2,1-2H3,(H,22,24). The van der Waals surface area contributed by atoms with Crippen molar-refractivity contribution < 1.29 is 18.7 Å². The van der Waals surface area contributed by atoms with Gasteiger partial charge in [0.25, 0.3) is 0 Å². The van der Waals surface area contributed by atoms with E-state index in [4.69, 9.17) is 25.5 Å². The van der Waals surface area contributed by atoms with E-state index in [1.807, 2.05) is 34.5 Å². The maximum atomic E-state index is 12.7. The van der Waals surface area contributed by atoms with Gasteiger partial charge in [0.05, 0.1) is 44.3 Å². The summed E-state index contributed by atoms with van der Waals surface area (Å²) < 4.78 is 16.0. The van der Waals surface area contributed by atoms with Gasteiger partial charge in [-0.2, -0.15) is 0 Å². The highest BCUT2D eigenvalue weighted by molar-refractivity contribution is 7.09. The van der Waals surface area contributed by atoms with Gasteiger partial charge in [-0.3, -0.25) is 9.69 Å². The minimum Gasteiger partial charge on any atom is -0.495 e. The van der Waals surface area contributed by atoms with Gasteiger partial charge in [0.1, 0.15) is 17.3 Å². The van der Waals surface area contributed by atoms with Crippen LogP contribution in [0.1, 0.15) is 10.6 Å². The lowest BCUT2D eigenvalue weighted by Gasteiger charge is -2.20. The number of hydrogen-bond acceptors (Lipinski definition) is 6. The molecule has 0 spiro atoms. The molecule has 0 fully saturated rings. The number of methoxy groups -OCH3 is 2. The molecule has 8 heteroatoms. The first-order valence-electron chi connectivity index (χ1n) is 8.57. The Balaban J connectivity index is 1.71. The number of nitrogens with zero attached hydrogens (tertiary/aromatic N) is 1. The fraction of sp³-hybridized carbons (Fsp3) is 0.250. The highest BCUT2D eigenvalue weighted by Crippen LogP contribution is 2.35. The average Bonchev–Trinajstić information content (AvgIpc) is 3.36. The quantitative estimate of drug-likeness (QED) is 0.545. The molecule has 0 aliphatic heterocycles. The molecule has 1 N–H and O–H groups in total. The van der Waals surface area contributed by atoms with E-state index in [1.165, 1.54) is 19.1 Å². The monoisotopic (exact) mass is 420 g/mol. The van der Waals surface area contributed by atoms with Crippen LogP contribution in [0.25, 0.3) is 0 Å². The zero-order valence-electron chi connectivity index (χ0n) is 15.6. The van der Waals surface area contributed by atoms with E-state index < -0.39 is 0 Å². The Kier molecular flexibility index (Phi) is 6.97. The highest BCUT2D eigenvalue weighted by atomic mass is 35.5. The minimum absolute atomic E-state index is 0.178. The van der Waals surface area contributed by atoms with E-state index in [9.17, 15) is 4.79 Å². The number of nitrogens with one attached hydrogen (secondary N) is 1. The first-order chi connectivity index (χ1) is 13.6. The van der Waals surface area contributed by atoms with Crippen LogP contribution >= 0.6 is 22.9 Å². The van der Waals surface area contributed by atoms with Crippen molar-refractivity contribution in [3.8, 4) is 11.5 Å². The number of anilines is 1. The van der Waals surface area contributed by atoms with Crippen LogP contribution in [0, 0.1) is 0 Å². The van der Waals surface area contributed by atoms with Crippen molar-refractivity contribution in [1.82, 2.24) is 4.90 Å². The molecule has 0 unspecified atom stereocenters. The number of benzene rings is 1. The van der Waals surface area contributed by atoms with Crippen molar-refractivity contribution in [2.75, 3.05) is 26.1 Å². The molecule has 0 aliphatic carbocycles. The Labute approximate surface area is 172 Å². The van der Waals surface area contributed by atoms with Gasteiger partial charge in [0.2, 0.25) is 5.91 Å². The van der Waals surface area contributed by atoms with Crippen LogP contribution in [0.4, 0.5) is 5.69 Å². The lowest BCUT2D eigenvalue weighted by atomic mass is 10.2. The minimum atomic E-state index is -0.178. The van der Waals surface area contributed by atoms with Crippen LogP contribution in [0.15, 0.2) is 52.5 Å². The Morgan fingerprint density at radius 1 is 1.18 bits per heavy atom. The van der Waals surface area contributed by atoms with Crippen LogP contribution in [-0.4, -0.2) is 31.6 Å². The number of rotatable bonds is 9. The molecule has 1 aromatic carbocycles. The van der Waals surface area contributed by atoms with Gasteiger partial charge >= 0.3 is 0 Å². The average molecular weight is 421 g/mol. The number of amides is 1. The van der Waals surface area contributed by atoms with Crippen molar-refractivity contribution in [2.45, 2.75) is 13.1 Å². The summed E-state index contributed by atoms with van der Waals surface area (Å²) in [6.45, 7) is 1.36. The summed E-state index contributed by atoms with van der Waals surface area (Å²) in [4.78, 5) is 15.9. The van der Waals surface area contributed by atoms with E-state index in [-0.39, 0.29) is 12.5 Å². The summed E-state index contributed by atoms with van der Waals surface area (Å²) in [7, 11) is 3.05. The van der Waals surface area contributed by atoms with Crippen molar-refractivity contribution in [3.05, 3.63) is 63.7 Å². The third-order valence-corrected chi connectivity index (χ3v) is 5.19. The summed E-state index contributed by atoms with van der Waals surface area (Å²) >= 11 is 7.84. The van der Waals surface area contributed by atoms with Gasteiger partial charge < -0.3 is 19.2 Å². The predicted octanol–water partition coefficient (Wildman–Crippen LogP) is 4.65. The zero-order valence-corrected chi connectivity index (χ0v) is 17.2. The van der Waals surface area contributed by atoms with Crippen LogP contribution in [0.2, 0.25) is 5.02 Å². The Morgan fingerprint density at radius 2 is 2.00 bits per heavy atom. The zero-order chi connectivity index (χ0) is 19.9. The summed E-state index contributed by atoms with van der Waals surface area (Å²) in [5.74, 6) is 1.58. The van der Waals surface area contributed by atoms with E-state index in [0.29, 0.717) is 35.3 Å². The van der Waals surface area contributed by atoms with Crippen molar-refractivity contribution in [3.63, 3.8) is 0 Å². The number of ether oxygens (including phenoxy) is 2. The highest BCUT2D eigenvalue weighted by Gasteiger charge is 2.17. The molecule has 6 nitrogen and oxygen atoms in total. The van der Waals surface area contributed by atoms with Gasteiger partial charge in [-0.05, 0) is 29.6 Å². The second kappa shape index (κ2) is 9.64. The molecular weight excluding hydrogens is 400 g/mol. The normalized spacial score (nSPS) is 10.9. The van der Waals surface area contributed by atoms with Crippen LogP contribution in [0.5, 0.6) is 11.5 Å². The Morgan fingerprint density at radius 3 is 2.64 bits per heavy atom. The molecule has 3 aromatic rings. The van der Waals surface area contributed by atoms with E-state index >= 15 is 0 Å². The molecular formula is C20H21ClN2O4S. The van der Waals surface area contributed by atoms with Crippen LogP contribution < -0.4 is 14.8 Å². The van der Waals surface area contributed by atoms with Gasteiger partial charge in [-0.1, -0.05) is 17.7 Å². The topological polar surface area (TPSA) is 63.9 Å². The van der Waals surface area contributed by atoms with E-state index in [1.54, 1.807) is 29.7 Å². The summed E-state index contributed by atoms with van der Waals surface area (Å²) in [5, 5.41) is 5.28. The molecule has 28 heavy (non-hydrogen) atoms. The lowest BCUT2D eigenvalue weighted by Crippen LogP contribution is -2.32. The van der Waals surface area contributed by atoms with Crippen LogP contribution in [0.3, 0.4) is 0 Å². The predicted molar refractivity (Wildman–Crippen MR) is 110 cm³/mol. The first-order valence-corrected chi connectivity index (χ1v) is 9.83. The maximum absolute atomic E-state index is 12.7. The fourth-order valence-electron chi connectivity index (χ4n) is 2.76. The molecule has 0 saturated heterocycles. The second-order valence-electron chi connectivity index (χ2n) is 6.04. The SMILES string of the molecule is COc1cc(OC)c(NC(=O)CN(Cc2ccco2)Cc2cccs2)cc1Cl. The van der Waals surface area contributed by atoms with E-state index in [2.05, 4.69) is 5.32 Å². The third kappa shape index (κ3) is 5.28. The number of carbonyl (C=O) groups excluding carboxylic acids is 1. The number of thiophene rings is 1. The molecule has 148 valence electrons. The molecule has 0 atom stereocenters. The molecule has 0 bridgehead atoms. The summed E-state index contributed by atoms with van der Waals surface area (Å²) in [6.07, 6.45) is 1.63. The Hall–Kier alpha value is -2.48. The van der Waals surface area contributed by atoms with E-state index in [0.717, 1.165) is 5.76 Å². The molecule has 3 rings (SSSR count). The van der Waals surface area contributed by atoms with Gasteiger partial charge in [-0.15, -0.1) is 11.3 Å². The van der Waals surface area contributed by atoms with Gasteiger partial charge in [0.15, 0.2) is 0 Å². The number of furan rings is 1. The van der Waals surface area contributed by atoms with Gasteiger partial charge in [0, 0.05) is 17.5 Å². The molecule has 2 heterocycles. The smallest absolute Gasteiger partial charge is 0.238 e. The molecule has 1 amide bonds. The molecule has 0 saturated carbocycles. The summed E-state index contributed by atoms with van der Waals surface area (Å²) in [5.41, 5.74) is 0.493. The second-order valence-corrected chi connectivity index (χ2v) is 7.48. The van der Waals surface area contributed by atoms with Gasteiger partial charge in [-0.25, -0.2) is 0 Å². The maximum Gasteiger partial charge on any atom is 0.238 e. The Bertz CT molecular complexity index is 861.